The number of thiophene rings is 1. The Morgan fingerprint density at radius 3 is 2.93 bits per heavy atom. The molecular weight excluding hydrogens is 409 g/mol. The number of hydrogen-bond donors (Lipinski definition) is 1. The average molecular weight is 422 g/mol. The van der Waals surface area contributed by atoms with Crippen molar-refractivity contribution >= 4 is 35.6 Å². The molecule has 138 valence electrons. The summed E-state index contributed by atoms with van der Waals surface area (Å²) in [6, 6.07) is 8.09. The normalized spacial score (nSPS) is 12.4. The Balaban J connectivity index is 1.69. The molecule has 0 aliphatic carbocycles. The summed E-state index contributed by atoms with van der Waals surface area (Å²) in [6.45, 7) is 2.64. The molecule has 0 radical (unpaired) electrons. The Hall–Kier alpha value is -2.23. The summed E-state index contributed by atoms with van der Waals surface area (Å²) < 4.78 is 21.3. The van der Waals surface area contributed by atoms with Crippen LogP contribution >= 0.6 is 35.6 Å². The minimum Gasteiger partial charge on any atom is -0.337 e. The molecule has 3 heterocycles. The van der Waals surface area contributed by atoms with Crippen molar-refractivity contribution in [1.29, 1.82) is 0 Å². The fourth-order valence-corrected chi connectivity index (χ4v) is 3.84. The van der Waals surface area contributed by atoms with Gasteiger partial charge in [-0.1, -0.05) is 22.8 Å². The highest BCUT2D eigenvalue weighted by Gasteiger charge is 2.26. The van der Waals surface area contributed by atoms with Gasteiger partial charge in [-0.05, 0) is 36.6 Å². The zero-order valence-electron chi connectivity index (χ0n) is 14.0. The standard InChI is InChI=1S/C17H13ClFN5OS2/c1-2-24-15(12-4-3-7-27-12)21-22-16(24)13(26)17-20-14(23-25-17)10-8-9(18)5-6-11(10)19/h3-8,13,26H,2H2,1H3. The molecule has 4 rings (SSSR count). The van der Waals surface area contributed by atoms with Crippen molar-refractivity contribution in [3.05, 3.63) is 58.3 Å². The van der Waals surface area contributed by atoms with Crippen LogP contribution in [0.15, 0.2) is 40.2 Å². The fourth-order valence-electron chi connectivity index (χ4n) is 2.65. The molecule has 1 aromatic carbocycles. The van der Waals surface area contributed by atoms with Crippen LogP contribution in [0.1, 0.15) is 23.9 Å². The second kappa shape index (κ2) is 7.41. The van der Waals surface area contributed by atoms with Crippen LogP contribution in [0.25, 0.3) is 22.1 Å². The van der Waals surface area contributed by atoms with E-state index in [1.165, 1.54) is 18.2 Å². The summed E-state index contributed by atoms with van der Waals surface area (Å²) in [4.78, 5) is 5.28. The van der Waals surface area contributed by atoms with Crippen LogP contribution in [0.2, 0.25) is 5.02 Å². The fraction of sp³-hybridized carbons (Fsp3) is 0.176. The second-order valence-electron chi connectivity index (χ2n) is 5.59. The summed E-state index contributed by atoms with van der Waals surface area (Å²) in [5.74, 6) is 1.14. The van der Waals surface area contributed by atoms with Gasteiger partial charge in [0.05, 0.1) is 10.4 Å². The maximum Gasteiger partial charge on any atom is 0.247 e. The van der Waals surface area contributed by atoms with Crippen molar-refractivity contribution < 1.29 is 8.91 Å². The monoisotopic (exact) mass is 421 g/mol. The van der Waals surface area contributed by atoms with Gasteiger partial charge >= 0.3 is 0 Å². The van der Waals surface area contributed by atoms with Crippen LogP contribution in [-0.4, -0.2) is 24.9 Å². The molecule has 27 heavy (non-hydrogen) atoms. The summed E-state index contributed by atoms with van der Waals surface area (Å²) in [5, 5.41) is 14.1. The van der Waals surface area contributed by atoms with Crippen molar-refractivity contribution in [3.8, 4) is 22.1 Å². The summed E-state index contributed by atoms with van der Waals surface area (Å²) in [6.07, 6.45) is 0. The van der Waals surface area contributed by atoms with Crippen molar-refractivity contribution in [1.82, 2.24) is 24.9 Å². The van der Waals surface area contributed by atoms with Gasteiger partial charge in [-0.3, -0.25) is 0 Å². The largest absolute Gasteiger partial charge is 0.337 e. The number of halogens is 2. The molecule has 0 saturated heterocycles. The van der Waals surface area contributed by atoms with Crippen molar-refractivity contribution in [2.24, 2.45) is 0 Å². The summed E-state index contributed by atoms with van der Waals surface area (Å²) >= 11 is 12.1. The van der Waals surface area contributed by atoms with Gasteiger partial charge in [-0.25, -0.2) is 4.39 Å². The second-order valence-corrected chi connectivity index (χ2v) is 7.49. The Bertz CT molecular complexity index is 1080. The van der Waals surface area contributed by atoms with Crippen LogP contribution in [-0.2, 0) is 6.54 Å². The van der Waals surface area contributed by atoms with Gasteiger partial charge in [-0.2, -0.15) is 17.6 Å². The van der Waals surface area contributed by atoms with E-state index in [1.54, 1.807) is 11.3 Å². The molecule has 1 unspecified atom stereocenters. The van der Waals surface area contributed by atoms with Crippen molar-refractivity contribution in [2.45, 2.75) is 18.7 Å². The van der Waals surface area contributed by atoms with Crippen LogP contribution in [0.4, 0.5) is 4.39 Å². The third-order valence-corrected chi connectivity index (χ3v) is 5.48. The molecule has 6 nitrogen and oxygen atoms in total. The van der Waals surface area contributed by atoms with Crippen LogP contribution < -0.4 is 0 Å². The quantitative estimate of drug-likeness (QED) is 0.465. The van der Waals surface area contributed by atoms with Crippen molar-refractivity contribution in [2.75, 3.05) is 0 Å². The number of benzene rings is 1. The first-order valence-corrected chi connectivity index (χ1v) is 9.80. The van der Waals surface area contributed by atoms with Crippen LogP contribution in [0.3, 0.4) is 0 Å². The predicted octanol–water partition coefficient (Wildman–Crippen LogP) is 4.89. The van der Waals surface area contributed by atoms with Crippen LogP contribution in [0.5, 0.6) is 0 Å². The number of thiol groups is 1. The molecule has 0 aliphatic rings. The average Bonchev–Trinajstić information content (AvgIpc) is 3.42. The Morgan fingerprint density at radius 2 is 2.19 bits per heavy atom. The number of nitrogens with zero attached hydrogens (tertiary/aromatic N) is 5. The molecule has 0 spiro atoms. The SMILES string of the molecule is CCn1c(-c2cccs2)nnc1C(S)c1nc(-c2cc(Cl)ccc2F)no1. The van der Waals surface area contributed by atoms with Gasteiger partial charge < -0.3 is 9.09 Å². The lowest BCUT2D eigenvalue weighted by atomic mass is 10.2. The zero-order valence-corrected chi connectivity index (χ0v) is 16.5. The molecule has 0 amide bonds. The minimum atomic E-state index is -0.602. The van der Waals surface area contributed by atoms with E-state index in [1.807, 2.05) is 29.0 Å². The van der Waals surface area contributed by atoms with E-state index in [0.717, 1.165) is 10.7 Å². The molecule has 0 bridgehead atoms. The molecule has 3 aromatic heterocycles. The van der Waals surface area contributed by atoms with Gasteiger partial charge in [0.25, 0.3) is 0 Å². The molecule has 0 N–H and O–H groups in total. The highest BCUT2D eigenvalue weighted by atomic mass is 35.5. The van der Waals surface area contributed by atoms with E-state index < -0.39 is 11.1 Å². The lowest BCUT2D eigenvalue weighted by molar-refractivity contribution is 0.380. The van der Waals surface area contributed by atoms with Gasteiger partial charge in [-0.15, -0.1) is 21.5 Å². The van der Waals surface area contributed by atoms with Crippen LogP contribution in [0, 0.1) is 5.82 Å². The first kappa shape index (κ1) is 18.1. The lowest BCUT2D eigenvalue weighted by Crippen LogP contribution is -2.07. The van der Waals surface area contributed by atoms with Gasteiger partial charge in [0.1, 0.15) is 11.1 Å². The smallest absolute Gasteiger partial charge is 0.247 e. The molecule has 0 saturated carbocycles. The van der Waals surface area contributed by atoms with Gasteiger partial charge in [0.15, 0.2) is 11.6 Å². The third kappa shape index (κ3) is 3.38. The van der Waals surface area contributed by atoms with E-state index in [2.05, 4.69) is 33.0 Å². The molecular formula is C17H13ClFN5OS2. The third-order valence-electron chi connectivity index (χ3n) is 3.93. The molecule has 4 aromatic rings. The minimum absolute atomic E-state index is 0.102. The first-order valence-electron chi connectivity index (χ1n) is 8.02. The Morgan fingerprint density at radius 1 is 1.33 bits per heavy atom. The number of rotatable bonds is 5. The lowest BCUT2D eigenvalue weighted by Gasteiger charge is -2.09. The summed E-state index contributed by atoms with van der Waals surface area (Å²) in [7, 11) is 0. The maximum absolute atomic E-state index is 14.0. The highest BCUT2D eigenvalue weighted by molar-refractivity contribution is 7.80. The van der Waals surface area contributed by atoms with Gasteiger partial charge in [0, 0.05) is 11.6 Å². The summed E-state index contributed by atoms with van der Waals surface area (Å²) in [5.41, 5.74) is 0.161. The molecule has 0 aliphatic heterocycles. The topological polar surface area (TPSA) is 69.6 Å². The Labute approximate surface area is 168 Å². The number of hydrogen-bond acceptors (Lipinski definition) is 7. The predicted molar refractivity (Wildman–Crippen MR) is 105 cm³/mol. The zero-order chi connectivity index (χ0) is 19.0. The molecule has 0 fully saturated rings. The Kier molecular flexibility index (Phi) is 4.98. The first-order chi connectivity index (χ1) is 13.1. The van der Waals surface area contributed by atoms with E-state index in [0.29, 0.717) is 17.4 Å². The molecule has 1 atom stereocenters. The van der Waals surface area contributed by atoms with Crippen molar-refractivity contribution in [3.63, 3.8) is 0 Å². The number of aromatic nitrogens is 5. The maximum atomic E-state index is 14.0. The van der Waals surface area contributed by atoms with Gasteiger partial charge in [0.2, 0.25) is 11.7 Å². The van der Waals surface area contributed by atoms with E-state index in [-0.39, 0.29) is 17.3 Å². The van der Waals surface area contributed by atoms with E-state index in [4.69, 9.17) is 16.1 Å². The molecule has 10 heteroatoms. The van der Waals surface area contributed by atoms with E-state index >= 15 is 0 Å². The highest BCUT2D eigenvalue weighted by Crippen LogP contribution is 2.32. The van der Waals surface area contributed by atoms with E-state index in [9.17, 15) is 4.39 Å².